The van der Waals surface area contributed by atoms with Gasteiger partial charge in [-0.15, -0.1) is 0 Å². The summed E-state index contributed by atoms with van der Waals surface area (Å²) in [5.41, 5.74) is 0.367. The third kappa shape index (κ3) is 5.98. The molecule has 3 rings (SSSR count). The van der Waals surface area contributed by atoms with Crippen molar-refractivity contribution >= 4 is 39.2 Å². The summed E-state index contributed by atoms with van der Waals surface area (Å²) in [7, 11) is -1.23. The van der Waals surface area contributed by atoms with Crippen molar-refractivity contribution in [3.63, 3.8) is 0 Å². The first-order chi connectivity index (χ1) is 16.5. The minimum Gasteiger partial charge on any atom is -0.476 e. The lowest BCUT2D eigenvalue weighted by Gasteiger charge is -2.15. The number of hydrogen-bond donors (Lipinski definition) is 3. The largest absolute Gasteiger partial charge is 0.476 e. The SMILES string of the molecule is COCCNS(=O)(=O)c1cc(NC(=O)c2ccccc2Cl)ccc1Oc1c(C)c(C(=O)O)nn1C. The molecule has 11 nitrogen and oxygen atoms in total. The number of carbonyl (C=O) groups excluding carboxylic acids is 1. The summed E-state index contributed by atoms with van der Waals surface area (Å²) < 4.78 is 40.4. The first-order valence-electron chi connectivity index (χ1n) is 10.2. The standard InChI is InChI=1S/C22H23ClN4O7S/c1-13-19(22(29)30)26-27(2)21(13)34-17-9-8-14(12-18(17)35(31,32)24-10-11-33-3)25-20(28)15-6-4-5-7-16(15)23/h4-9,12,24H,10-11H2,1-3H3,(H,25,28)(H,29,30). The second-order valence-electron chi connectivity index (χ2n) is 7.30. The molecular weight excluding hydrogens is 500 g/mol. The van der Waals surface area contributed by atoms with E-state index in [0.717, 1.165) is 0 Å². The molecule has 0 spiro atoms. The predicted molar refractivity (Wildman–Crippen MR) is 128 cm³/mol. The van der Waals surface area contributed by atoms with Crippen LogP contribution in [0.1, 0.15) is 26.4 Å². The second-order valence-corrected chi connectivity index (χ2v) is 9.44. The number of carboxylic acid groups (broad SMARTS) is 1. The van der Waals surface area contributed by atoms with Gasteiger partial charge in [0.2, 0.25) is 15.9 Å². The number of anilines is 1. The number of aromatic carboxylic acids is 1. The first-order valence-corrected chi connectivity index (χ1v) is 12.0. The number of aromatic nitrogens is 2. The minimum atomic E-state index is -4.13. The summed E-state index contributed by atoms with van der Waals surface area (Å²) in [5.74, 6) is -1.84. The van der Waals surface area contributed by atoms with E-state index in [1.54, 1.807) is 18.2 Å². The number of sulfonamides is 1. The van der Waals surface area contributed by atoms with Crippen LogP contribution < -0.4 is 14.8 Å². The topological polar surface area (TPSA) is 149 Å². The Morgan fingerprint density at radius 2 is 1.91 bits per heavy atom. The van der Waals surface area contributed by atoms with E-state index in [2.05, 4.69) is 15.1 Å². The molecule has 0 aliphatic carbocycles. The predicted octanol–water partition coefficient (Wildman–Crippen LogP) is 3.05. The van der Waals surface area contributed by atoms with Crippen LogP contribution in [-0.2, 0) is 21.8 Å². The van der Waals surface area contributed by atoms with Crippen molar-refractivity contribution in [3.05, 3.63) is 64.3 Å². The van der Waals surface area contributed by atoms with Gasteiger partial charge in [0.05, 0.1) is 17.2 Å². The van der Waals surface area contributed by atoms with Crippen LogP contribution in [0.3, 0.4) is 0 Å². The van der Waals surface area contributed by atoms with Gasteiger partial charge >= 0.3 is 5.97 Å². The molecule has 186 valence electrons. The molecule has 0 fully saturated rings. The van der Waals surface area contributed by atoms with Crippen LogP contribution >= 0.6 is 11.6 Å². The molecule has 2 aromatic carbocycles. The Bertz CT molecular complexity index is 1370. The van der Waals surface area contributed by atoms with Gasteiger partial charge in [-0.05, 0) is 37.3 Å². The van der Waals surface area contributed by atoms with E-state index in [1.807, 2.05) is 0 Å². The molecule has 0 atom stereocenters. The maximum atomic E-state index is 13.1. The van der Waals surface area contributed by atoms with Crippen molar-refractivity contribution in [2.45, 2.75) is 11.8 Å². The van der Waals surface area contributed by atoms with Gasteiger partial charge in [0.25, 0.3) is 5.91 Å². The van der Waals surface area contributed by atoms with E-state index in [1.165, 1.54) is 50.0 Å². The van der Waals surface area contributed by atoms with Gasteiger partial charge in [-0.25, -0.2) is 22.6 Å². The second kappa shape index (κ2) is 10.9. The Hall–Kier alpha value is -3.45. The van der Waals surface area contributed by atoms with Crippen molar-refractivity contribution < 1.29 is 32.6 Å². The monoisotopic (exact) mass is 522 g/mol. The molecule has 0 aliphatic heterocycles. The van der Waals surface area contributed by atoms with Crippen LogP contribution in [0.15, 0.2) is 47.4 Å². The highest BCUT2D eigenvalue weighted by Crippen LogP contribution is 2.34. The fourth-order valence-electron chi connectivity index (χ4n) is 3.14. The highest BCUT2D eigenvalue weighted by atomic mass is 35.5. The van der Waals surface area contributed by atoms with Crippen molar-refractivity contribution in [2.75, 3.05) is 25.6 Å². The van der Waals surface area contributed by atoms with Crippen molar-refractivity contribution in [1.29, 1.82) is 0 Å². The summed E-state index contributed by atoms with van der Waals surface area (Å²) in [4.78, 5) is 23.8. The smallest absolute Gasteiger partial charge is 0.356 e. The average molecular weight is 523 g/mol. The number of amides is 1. The average Bonchev–Trinajstić information content (AvgIpc) is 3.09. The molecule has 3 aromatic rings. The number of methoxy groups -OCH3 is 1. The lowest BCUT2D eigenvalue weighted by atomic mass is 10.2. The van der Waals surface area contributed by atoms with Gasteiger partial charge in [-0.2, -0.15) is 5.10 Å². The molecule has 1 aromatic heterocycles. The summed E-state index contributed by atoms with van der Waals surface area (Å²) >= 11 is 6.08. The third-order valence-corrected chi connectivity index (χ3v) is 6.65. The molecule has 3 N–H and O–H groups in total. The number of nitrogens with one attached hydrogen (secondary N) is 2. The molecule has 0 bridgehead atoms. The molecule has 0 unspecified atom stereocenters. The van der Waals surface area contributed by atoms with Gasteiger partial charge < -0.3 is 19.9 Å². The normalized spacial score (nSPS) is 11.3. The highest BCUT2D eigenvalue weighted by Gasteiger charge is 2.25. The maximum Gasteiger partial charge on any atom is 0.356 e. The van der Waals surface area contributed by atoms with Gasteiger partial charge in [0.1, 0.15) is 10.6 Å². The van der Waals surface area contributed by atoms with E-state index in [0.29, 0.717) is 0 Å². The van der Waals surface area contributed by atoms with Crippen molar-refractivity contribution in [2.24, 2.45) is 7.05 Å². The van der Waals surface area contributed by atoms with Crippen molar-refractivity contribution in [3.8, 4) is 11.6 Å². The molecule has 1 heterocycles. The van der Waals surface area contributed by atoms with Crippen LogP contribution in [0.4, 0.5) is 5.69 Å². The van der Waals surface area contributed by atoms with Crippen LogP contribution in [0, 0.1) is 6.92 Å². The molecule has 0 saturated heterocycles. The number of halogens is 1. The zero-order valence-corrected chi connectivity index (χ0v) is 20.6. The van der Waals surface area contributed by atoms with Crippen LogP contribution in [0.5, 0.6) is 11.6 Å². The molecule has 0 radical (unpaired) electrons. The maximum absolute atomic E-state index is 13.1. The number of carbonyl (C=O) groups is 2. The fraction of sp³-hybridized carbons (Fsp3) is 0.227. The Balaban J connectivity index is 2.01. The lowest BCUT2D eigenvalue weighted by molar-refractivity contribution is 0.0688. The van der Waals surface area contributed by atoms with E-state index >= 15 is 0 Å². The zero-order valence-electron chi connectivity index (χ0n) is 19.0. The Morgan fingerprint density at radius 3 is 2.54 bits per heavy atom. The number of ether oxygens (including phenoxy) is 2. The summed E-state index contributed by atoms with van der Waals surface area (Å²) in [6.07, 6.45) is 0. The Kier molecular flexibility index (Phi) is 8.12. The first kappa shape index (κ1) is 26.2. The Labute approximate surface area is 206 Å². The number of benzene rings is 2. The number of carboxylic acids is 1. The zero-order chi connectivity index (χ0) is 25.8. The van der Waals surface area contributed by atoms with E-state index in [-0.39, 0.29) is 57.2 Å². The Morgan fingerprint density at radius 1 is 1.20 bits per heavy atom. The number of hydrogen-bond acceptors (Lipinski definition) is 7. The molecular formula is C22H23ClN4O7S. The molecule has 0 saturated carbocycles. The quantitative estimate of drug-likeness (QED) is 0.344. The molecule has 1 amide bonds. The molecule has 0 aliphatic rings. The van der Waals surface area contributed by atoms with Crippen LogP contribution in [-0.4, -0.2) is 55.4 Å². The third-order valence-electron chi connectivity index (χ3n) is 4.84. The summed E-state index contributed by atoms with van der Waals surface area (Å²) in [6, 6.07) is 10.4. The van der Waals surface area contributed by atoms with Crippen LogP contribution in [0.25, 0.3) is 0 Å². The number of rotatable bonds is 10. The number of nitrogens with zero attached hydrogens (tertiary/aromatic N) is 2. The van der Waals surface area contributed by atoms with E-state index < -0.39 is 21.9 Å². The summed E-state index contributed by atoms with van der Waals surface area (Å²) in [5, 5.41) is 16.1. The number of aryl methyl sites for hydroxylation is 1. The highest BCUT2D eigenvalue weighted by molar-refractivity contribution is 7.89. The van der Waals surface area contributed by atoms with E-state index in [9.17, 15) is 23.1 Å². The molecule has 13 heteroatoms. The van der Waals surface area contributed by atoms with Crippen LogP contribution in [0.2, 0.25) is 5.02 Å². The van der Waals surface area contributed by atoms with Gasteiger partial charge in [0, 0.05) is 32.0 Å². The summed E-state index contributed by atoms with van der Waals surface area (Å²) in [6.45, 7) is 1.61. The van der Waals surface area contributed by atoms with Gasteiger partial charge in [-0.1, -0.05) is 23.7 Å². The minimum absolute atomic E-state index is 0.0115. The van der Waals surface area contributed by atoms with Gasteiger partial charge in [-0.3, -0.25) is 4.79 Å². The molecule has 35 heavy (non-hydrogen) atoms. The lowest BCUT2D eigenvalue weighted by Crippen LogP contribution is -2.27. The van der Waals surface area contributed by atoms with E-state index in [4.69, 9.17) is 21.1 Å². The van der Waals surface area contributed by atoms with Gasteiger partial charge in [0.15, 0.2) is 5.69 Å². The fourth-order valence-corrected chi connectivity index (χ4v) is 4.53. The van der Waals surface area contributed by atoms with Crippen molar-refractivity contribution in [1.82, 2.24) is 14.5 Å².